The molecule has 0 aliphatic carbocycles. The molecular formula is C21H19N5O2S. The maximum absolute atomic E-state index is 13.4. The van der Waals surface area contributed by atoms with Crippen LogP contribution in [0.15, 0.2) is 82.9 Å². The van der Waals surface area contributed by atoms with Crippen LogP contribution >= 0.6 is 0 Å². The van der Waals surface area contributed by atoms with E-state index in [2.05, 4.69) is 10.5 Å². The van der Waals surface area contributed by atoms with Crippen LogP contribution in [0.4, 0.5) is 0 Å². The molecule has 0 aliphatic heterocycles. The Morgan fingerprint density at radius 3 is 2.48 bits per heavy atom. The maximum Gasteiger partial charge on any atom is 0.268 e. The van der Waals surface area contributed by atoms with Gasteiger partial charge >= 0.3 is 0 Å². The van der Waals surface area contributed by atoms with Crippen molar-refractivity contribution in [3.05, 3.63) is 78.5 Å². The highest BCUT2D eigenvalue weighted by atomic mass is 32.2. The molecule has 0 aliphatic rings. The van der Waals surface area contributed by atoms with E-state index in [1.54, 1.807) is 43.5 Å². The van der Waals surface area contributed by atoms with Gasteiger partial charge in [-0.05, 0) is 35.9 Å². The minimum Gasteiger partial charge on any atom is -0.369 e. The molecule has 29 heavy (non-hydrogen) atoms. The van der Waals surface area contributed by atoms with Gasteiger partial charge in [0.1, 0.15) is 0 Å². The van der Waals surface area contributed by atoms with Crippen LogP contribution in [0.3, 0.4) is 0 Å². The van der Waals surface area contributed by atoms with Crippen LogP contribution in [0.5, 0.6) is 0 Å². The molecule has 8 heteroatoms. The summed E-state index contributed by atoms with van der Waals surface area (Å²) < 4.78 is 28.2. The first-order valence-corrected chi connectivity index (χ1v) is 10.3. The van der Waals surface area contributed by atoms with Crippen molar-refractivity contribution in [3.8, 4) is 0 Å². The monoisotopic (exact) mass is 405 g/mol. The van der Waals surface area contributed by atoms with Crippen LogP contribution in [0, 0.1) is 5.41 Å². The highest BCUT2D eigenvalue weighted by Crippen LogP contribution is 2.28. The van der Waals surface area contributed by atoms with E-state index in [-0.39, 0.29) is 10.9 Å². The summed E-state index contributed by atoms with van der Waals surface area (Å²) in [5, 5.41) is 13.9. The van der Waals surface area contributed by atoms with Crippen molar-refractivity contribution >= 4 is 43.4 Å². The molecule has 1 aromatic heterocycles. The molecule has 4 aromatic rings. The van der Waals surface area contributed by atoms with Crippen molar-refractivity contribution in [1.29, 1.82) is 5.41 Å². The van der Waals surface area contributed by atoms with Crippen LogP contribution in [0.1, 0.15) is 12.5 Å². The van der Waals surface area contributed by atoms with Crippen LogP contribution in [0.2, 0.25) is 0 Å². The highest BCUT2D eigenvalue weighted by molar-refractivity contribution is 7.90. The zero-order valence-corrected chi connectivity index (χ0v) is 16.4. The van der Waals surface area contributed by atoms with E-state index >= 15 is 0 Å². The van der Waals surface area contributed by atoms with Gasteiger partial charge in [-0.3, -0.25) is 5.41 Å². The minimum atomic E-state index is -3.83. The van der Waals surface area contributed by atoms with Crippen LogP contribution in [0.25, 0.3) is 21.7 Å². The summed E-state index contributed by atoms with van der Waals surface area (Å²) >= 11 is 0. The molecular weight excluding hydrogens is 386 g/mol. The van der Waals surface area contributed by atoms with Gasteiger partial charge in [-0.1, -0.05) is 48.5 Å². The summed E-state index contributed by atoms with van der Waals surface area (Å²) in [5.41, 5.74) is 9.39. The van der Waals surface area contributed by atoms with E-state index < -0.39 is 10.0 Å². The topological polar surface area (TPSA) is 113 Å². The van der Waals surface area contributed by atoms with E-state index in [4.69, 9.17) is 11.1 Å². The number of hydrogen-bond donors (Lipinski definition) is 3. The normalized spacial score (nSPS) is 12.4. The largest absolute Gasteiger partial charge is 0.369 e. The summed E-state index contributed by atoms with van der Waals surface area (Å²) in [6.07, 6.45) is 1.55. The highest BCUT2D eigenvalue weighted by Gasteiger charge is 2.22. The molecule has 3 aromatic carbocycles. The Kier molecular flexibility index (Phi) is 4.56. The number of benzene rings is 3. The second-order valence-corrected chi connectivity index (χ2v) is 8.41. The summed E-state index contributed by atoms with van der Waals surface area (Å²) in [7, 11) is -3.83. The number of fused-ring (bicyclic) bond motifs is 2. The van der Waals surface area contributed by atoms with Crippen LogP contribution in [-0.2, 0) is 10.0 Å². The molecule has 1 heterocycles. The molecule has 0 spiro atoms. The fourth-order valence-electron chi connectivity index (χ4n) is 3.28. The van der Waals surface area contributed by atoms with E-state index in [0.29, 0.717) is 16.8 Å². The number of aromatic nitrogens is 1. The molecule has 0 fully saturated rings. The number of rotatable bonds is 4. The predicted molar refractivity (Wildman–Crippen MR) is 116 cm³/mol. The lowest BCUT2D eigenvalue weighted by atomic mass is 10.1. The number of nitrogens with two attached hydrogens (primary N) is 1. The third kappa shape index (κ3) is 3.34. The summed E-state index contributed by atoms with van der Waals surface area (Å²) in [6.45, 7) is 1.73. The third-order valence-electron chi connectivity index (χ3n) is 4.69. The fraction of sp³-hybridized carbons (Fsp3) is 0.0476. The smallest absolute Gasteiger partial charge is 0.268 e. The molecule has 146 valence electrons. The molecule has 0 saturated heterocycles. The lowest BCUT2D eigenvalue weighted by Gasteiger charge is -2.08. The molecule has 4 N–H and O–H groups in total. The van der Waals surface area contributed by atoms with E-state index in [0.717, 1.165) is 16.2 Å². The minimum absolute atomic E-state index is 0.208. The Labute approximate surface area is 168 Å². The van der Waals surface area contributed by atoms with E-state index in [1.807, 2.05) is 36.4 Å². The molecule has 0 radical (unpaired) electrons. The number of nitrogens with one attached hydrogen (secondary N) is 2. The second kappa shape index (κ2) is 7.06. The Morgan fingerprint density at radius 2 is 1.72 bits per heavy atom. The molecule has 4 rings (SSSR count). The van der Waals surface area contributed by atoms with E-state index in [1.165, 1.54) is 3.97 Å². The Balaban J connectivity index is 1.90. The summed E-state index contributed by atoms with van der Waals surface area (Å²) in [4.78, 5) is 0.208. The number of hydrazone groups is 1. The van der Waals surface area contributed by atoms with Gasteiger partial charge < -0.3 is 5.73 Å². The van der Waals surface area contributed by atoms with Gasteiger partial charge in [0.25, 0.3) is 10.0 Å². The van der Waals surface area contributed by atoms with Crippen molar-refractivity contribution in [3.63, 3.8) is 0 Å². The van der Waals surface area contributed by atoms with Gasteiger partial charge in [0.15, 0.2) is 0 Å². The first kappa shape index (κ1) is 18.7. The van der Waals surface area contributed by atoms with Gasteiger partial charge in [-0.2, -0.15) is 5.10 Å². The van der Waals surface area contributed by atoms with Crippen molar-refractivity contribution in [2.45, 2.75) is 11.8 Å². The number of guanidine groups is 1. The number of nitrogens with zero attached hydrogens (tertiary/aromatic N) is 2. The molecule has 0 bridgehead atoms. The predicted octanol–water partition coefficient (Wildman–Crippen LogP) is 3.24. The molecule has 0 saturated carbocycles. The van der Waals surface area contributed by atoms with Gasteiger partial charge in [0.05, 0.1) is 16.1 Å². The van der Waals surface area contributed by atoms with Crippen LogP contribution < -0.4 is 11.2 Å². The molecule has 0 unspecified atom stereocenters. The zero-order chi connectivity index (χ0) is 20.6. The van der Waals surface area contributed by atoms with Crippen molar-refractivity contribution in [1.82, 2.24) is 9.40 Å². The van der Waals surface area contributed by atoms with Crippen molar-refractivity contribution in [2.75, 3.05) is 0 Å². The summed E-state index contributed by atoms with van der Waals surface area (Å²) in [6, 6.07) is 19.9. The molecule has 0 atom stereocenters. The number of hydrogen-bond acceptors (Lipinski definition) is 4. The second-order valence-electron chi connectivity index (χ2n) is 6.59. The number of para-hydroxylation sites is 1. The first-order valence-electron chi connectivity index (χ1n) is 8.87. The standard InChI is InChI=1S/C21H19N5O2S/c1-14(24-25-21(22)23)19-13-26(20-9-5-4-8-18(19)20)29(27,28)17-11-10-15-6-2-3-7-16(15)12-17/h2-13H,1H3,(H4,22,23,25)/b24-14-. The SMILES string of the molecule is C/C(=N/NC(=N)N)c1cn(S(=O)(=O)c2ccc3ccccc3c2)c2ccccc12. The van der Waals surface area contributed by atoms with E-state index in [9.17, 15) is 8.42 Å². The van der Waals surface area contributed by atoms with Gasteiger partial charge in [-0.25, -0.2) is 17.8 Å². The van der Waals surface area contributed by atoms with Crippen molar-refractivity contribution < 1.29 is 8.42 Å². The first-order chi connectivity index (χ1) is 13.9. The quantitative estimate of drug-likeness (QED) is 0.275. The average Bonchev–Trinajstić information content (AvgIpc) is 3.12. The Morgan fingerprint density at radius 1 is 1.03 bits per heavy atom. The maximum atomic E-state index is 13.4. The lowest BCUT2D eigenvalue weighted by Crippen LogP contribution is -2.26. The third-order valence-corrected chi connectivity index (χ3v) is 6.36. The molecule has 7 nitrogen and oxygen atoms in total. The van der Waals surface area contributed by atoms with Crippen LogP contribution in [-0.4, -0.2) is 24.1 Å². The fourth-order valence-corrected chi connectivity index (χ4v) is 4.69. The zero-order valence-electron chi connectivity index (χ0n) is 15.6. The van der Waals surface area contributed by atoms with Gasteiger partial charge in [-0.15, -0.1) is 0 Å². The van der Waals surface area contributed by atoms with Crippen molar-refractivity contribution in [2.24, 2.45) is 10.8 Å². The summed E-state index contributed by atoms with van der Waals surface area (Å²) in [5.74, 6) is -0.295. The Hall–Kier alpha value is -3.65. The average molecular weight is 405 g/mol. The molecule has 0 amide bonds. The lowest BCUT2D eigenvalue weighted by molar-refractivity contribution is 0.589. The Bertz CT molecular complexity index is 1390. The van der Waals surface area contributed by atoms with Gasteiger partial charge in [0.2, 0.25) is 5.96 Å². The van der Waals surface area contributed by atoms with Gasteiger partial charge in [0, 0.05) is 17.1 Å².